The van der Waals surface area contributed by atoms with Gasteiger partial charge in [0.05, 0.1) is 12.2 Å². The summed E-state index contributed by atoms with van der Waals surface area (Å²) in [4.78, 5) is 0. The fraction of sp³-hybridized carbons (Fsp3) is 0.571. The lowest BCUT2D eigenvalue weighted by molar-refractivity contribution is 0.0393. The second-order valence-electron chi connectivity index (χ2n) is 5.01. The smallest absolute Gasteiger partial charge is 0.125 e. The van der Waals surface area contributed by atoms with Crippen LogP contribution in [0.1, 0.15) is 30.9 Å². The van der Waals surface area contributed by atoms with Crippen molar-refractivity contribution in [3.05, 3.63) is 27.7 Å². The molecule has 0 spiro atoms. The molecule has 0 aliphatic carbocycles. The Balaban J connectivity index is 2.28. The molecule has 1 atom stereocenters. The first kappa shape index (κ1) is 13.8. The van der Waals surface area contributed by atoms with Crippen LogP contribution in [-0.4, -0.2) is 23.9 Å². The summed E-state index contributed by atoms with van der Waals surface area (Å²) in [5, 5.41) is 10.5. The van der Waals surface area contributed by atoms with Crippen LogP contribution in [0.2, 0.25) is 0 Å². The van der Waals surface area contributed by atoms with Crippen molar-refractivity contribution < 1.29 is 9.84 Å². The van der Waals surface area contributed by atoms with Gasteiger partial charge in [0.2, 0.25) is 0 Å². The van der Waals surface area contributed by atoms with Crippen molar-refractivity contribution in [2.75, 3.05) is 13.2 Å². The van der Waals surface area contributed by atoms with Gasteiger partial charge in [0, 0.05) is 23.9 Å². The second-order valence-corrected chi connectivity index (χ2v) is 5.92. The van der Waals surface area contributed by atoms with Gasteiger partial charge in [-0.3, -0.25) is 0 Å². The summed E-state index contributed by atoms with van der Waals surface area (Å²) in [7, 11) is 0. The molecule has 0 fully saturated rings. The lowest BCUT2D eigenvalue weighted by atomic mass is 9.89. The number of rotatable bonds is 5. The molecule has 18 heavy (non-hydrogen) atoms. The third kappa shape index (κ3) is 2.87. The van der Waals surface area contributed by atoms with Crippen LogP contribution in [0.5, 0.6) is 5.75 Å². The standard InChI is InChI=1S/C14H20BrNO2/c1-2-4-14(17,9-16)8-11-7-12(15)6-10-3-5-18-13(10)11/h6-7,17H,2-5,8-9,16H2,1H3. The summed E-state index contributed by atoms with van der Waals surface area (Å²) in [6, 6.07) is 4.12. The van der Waals surface area contributed by atoms with E-state index in [0.717, 1.165) is 35.2 Å². The van der Waals surface area contributed by atoms with Crippen LogP contribution in [0, 0.1) is 0 Å². The van der Waals surface area contributed by atoms with Gasteiger partial charge in [0.25, 0.3) is 0 Å². The Kier molecular flexibility index (Phi) is 4.30. The molecule has 4 heteroatoms. The first-order valence-corrected chi connectivity index (χ1v) is 7.24. The molecule has 0 bridgehead atoms. The van der Waals surface area contributed by atoms with E-state index < -0.39 is 5.60 Å². The first-order valence-electron chi connectivity index (χ1n) is 6.44. The van der Waals surface area contributed by atoms with Gasteiger partial charge in [-0.05, 0) is 29.7 Å². The lowest BCUT2D eigenvalue weighted by Gasteiger charge is -2.27. The fourth-order valence-electron chi connectivity index (χ4n) is 2.56. The van der Waals surface area contributed by atoms with Gasteiger partial charge in [0.15, 0.2) is 0 Å². The maximum atomic E-state index is 10.5. The van der Waals surface area contributed by atoms with Crippen LogP contribution in [0.3, 0.4) is 0 Å². The minimum Gasteiger partial charge on any atom is -0.493 e. The van der Waals surface area contributed by atoms with Gasteiger partial charge >= 0.3 is 0 Å². The van der Waals surface area contributed by atoms with Gasteiger partial charge < -0.3 is 15.6 Å². The molecule has 0 saturated carbocycles. The molecule has 2 rings (SSSR count). The van der Waals surface area contributed by atoms with Gasteiger partial charge in [-0.15, -0.1) is 0 Å². The van der Waals surface area contributed by atoms with E-state index in [4.69, 9.17) is 10.5 Å². The number of fused-ring (bicyclic) bond motifs is 1. The van der Waals surface area contributed by atoms with E-state index in [0.29, 0.717) is 12.8 Å². The number of aliphatic hydroxyl groups is 1. The number of nitrogens with two attached hydrogens (primary N) is 1. The Morgan fingerprint density at radius 1 is 1.50 bits per heavy atom. The number of ether oxygens (including phenoxy) is 1. The molecule has 100 valence electrons. The molecule has 1 heterocycles. The average Bonchev–Trinajstić information content (AvgIpc) is 2.77. The van der Waals surface area contributed by atoms with Crippen molar-refractivity contribution in [1.29, 1.82) is 0 Å². The zero-order valence-corrected chi connectivity index (χ0v) is 12.3. The van der Waals surface area contributed by atoms with Crippen molar-refractivity contribution in [3.8, 4) is 5.75 Å². The molecular formula is C14H20BrNO2. The third-order valence-electron chi connectivity index (χ3n) is 3.44. The number of benzene rings is 1. The topological polar surface area (TPSA) is 55.5 Å². The van der Waals surface area contributed by atoms with E-state index in [1.807, 2.05) is 6.07 Å². The molecule has 0 saturated heterocycles. The summed E-state index contributed by atoms with van der Waals surface area (Å²) in [6.45, 7) is 3.07. The van der Waals surface area contributed by atoms with E-state index in [2.05, 4.69) is 28.9 Å². The zero-order valence-electron chi connectivity index (χ0n) is 10.7. The molecule has 1 aliphatic heterocycles. The summed E-state index contributed by atoms with van der Waals surface area (Å²) in [5.74, 6) is 0.946. The van der Waals surface area contributed by atoms with Crippen molar-refractivity contribution in [1.82, 2.24) is 0 Å². The van der Waals surface area contributed by atoms with E-state index in [9.17, 15) is 5.11 Å². The quantitative estimate of drug-likeness (QED) is 0.877. The molecule has 0 aromatic heterocycles. The molecule has 1 aromatic rings. The number of hydrogen-bond donors (Lipinski definition) is 2. The summed E-state index contributed by atoms with van der Waals surface area (Å²) in [5.41, 5.74) is 7.17. The predicted octanol–water partition coefficient (Wildman–Crippen LogP) is 2.42. The van der Waals surface area contributed by atoms with Crippen molar-refractivity contribution in [2.24, 2.45) is 5.73 Å². The Morgan fingerprint density at radius 2 is 2.28 bits per heavy atom. The fourth-order valence-corrected chi connectivity index (χ4v) is 3.11. The maximum absolute atomic E-state index is 10.5. The van der Waals surface area contributed by atoms with Crippen LogP contribution in [0.25, 0.3) is 0 Å². The monoisotopic (exact) mass is 313 g/mol. The van der Waals surface area contributed by atoms with Crippen LogP contribution in [0.4, 0.5) is 0 Å². The maximum Gasteiger partial charge on any atom is 0.125 e. The van der Waals surface area contributed by atoms with Crippen LogP contribution in [0.15, 0.2) is 16.6 Å². The van der Waals surface area contributed by atoms with E-state index in [1.54, 1.807) is 0 Å². The molecule has 3 N–H and O–H groups in total. The molecule has 1 aromatic carbocycles. The first-order chi connectivity index (χ1) is 8.58. The number of halogens is 1. The highest BCUT2D eigenvalue weighted by Gasteiger charge is 2.28. The largest absolute Gasteiger partial charge is 0.493 e. The highest BCUT2D eigenvalue weighted by molar-refractivity contribution is 9.10. The highest BCUT2D eigenvalue weighted by Crippen LogP contribution is 2.35. The van der Waals surface area contributed by atoms with E-state index in [1.165, 1.54) is 5.56 Å². The number of hydrogen-bond acceptors (Lipinski definition) is 3. The van der Waals surface area contributed by atoms with Gasteiger partial charge in [-0.1, -0.05) is 29.3 Å². The minimum absolute atomic E-state index is 0.280. The summed E-state index contributed by atoms with van der Waals surface area (Å²) < 4.78 is 6.72. The normalized spacial score (nSPS) is 17.1. The molecule has 0 radical (unpaired) electrons. The van der Waals surface area contributed by atoms with E-state index >= 15 is 0 Å². The Labute approximate surface area is 116 Å². The van der Waals surface area contributed by atoms with Crippen molar-refractivity contribution in [3.63, 3.8) is 0 Å². The van der Waals surface area contributed by atoms with Crippen molar-refractivity contribution in [2.45, 2.75) is 38.2 Å². The minimum atomic E-state index is -0.824. The van der Waals surface area contributed by atoms with Crippen LogP contribution in [-0.2, 0) is 12.8 Å². The lowest BCUT2D eigenvalue weighted by Crippen LogP contribution is -2.39. The molecule has 1 unspecified atom stereocenters. The highest BCUT2D eigenvalue weighted by atomic mass is 79.9. The van der Waals surface area contributed by atoms with Gasteiger partial charge in [-0.2, -0.15) is 0 Å². The van der Waals surface area contributed by atoms with Crippen LogP contribution >= 0.6 is 15.9 Å². The zero-order chi connectivity index (χ0) is 13.2. The Bertz CT molecular complexity index is 436. The summed E-state index contributed by atoms with van der Waals surface area (Å²) in [6.07, 6.45) is 3.13. The Hall–Kier alpha value is -0.580. The van der Waals surface area contributed by atoms with Gasteiger partial charge in [-0.25, -0.2) is 0 Å². The van der Waals surface area contributed by atoms with Gasteiger partial charge in [0.1, 0.15) is 5.75 Å². The molecular weight excluding hydrogens is 294 g/mol. The van der Waals surface area contributed by atoms with E-state index in [-0.39, 0.29) is 6.54 Å². The van der Waals surface area contributed by atoms with Crippen molar-refractivity contribution >= 4 is 15.9 Å². The third-order valence-corrected chi connectivity index (χ3v) is 3.90. The Morgan fingerprint density at radius 3 is 2.94 bits per heavy atom. The predicted molar refractivity (Wildman–Crippen MR) is 76.0 cm³/mol. The SMILES string of the molecule is CCCC(O)(CN)Cc1cc(Br)cc2c1OCC2. The average molecular weight is 314 g/mol. The molecule has 1 aliphatic rings. The summed E-state index contributed by atoms with van der Waals surface area (Å²) >= 11 is 3.52. The second kappa shape index (κ2) is 5.59. The molecule has 0 amide bonds. The van der Waals surface area contributed by atoms with Crippen LogP contribution < -0.4 is 10.5 Å². The molecule has 3 nitrogen and oxygen atoms in total.